The van der Waals surface area contributed by atoms with Gasteiger partial charge >= 0.3 is 6.03 Å². The number of phenols is 2. The van der Waals surface area contributed by atoms with Crippen LogP contribution in [0.5, 0.6) is 11.5 Å². The van der Waals surface area contributed by atoms with Crippen LogP contribution < -0.4 is 10.6 Å². The number of carbonyl (C=O) groups excluding carboxylic acids is 1. The lowest BCUT2D eigenvalue weighted by Gasteiger charge is -2.15. The Morgan fingerprint density at radius 2 is 1.50 bits per heavy atom. The number of aromatic hydroxyl groups is 2. The highest BCUT2D eigenvalue weighted by atomic mass is 35.5. The van der Waals surface area contributed by atoms with Gasteiger partial charge in [0, 0.05) is 17.3 Å². The van der Waals surface area contributed by atoms with Crippen molar-refractivity contribution in [3.63, 3.8) is 0 Å². The van der Waals surface area contributed by atoms with Crippen molar-refractivity contribution in [3.8, 4) is 22.6 Å². The van der Waals surface area contributed by atoms with E-state index in [1.165, 1.54) is 0 Å². The second-order valence-corrected chi connectivity index (χ2v) is 9.61. The van der Waals surface area contributed by atoms with E-state index in [-0.39, 0.29) is 17.5 Å². The fourth-order valence-corrected chi connectivity index (χ4v) is 4.74. The van der Waals surface area contributed by atoms with Gasteiger partial charge in [0.15, 0.2) is 0 Å². The molecule has 0 bridgehead atoms. The molecule has 6 heteroatoms. The molecule has 2 amide bonds. The number of amides is 2. The molecule has 0 aliphatic heterocycles. The number of urea groups is 1. The number of hydrogen-bond donors (Lipinski definition) is 4. The van der Waals surface area contributed by atoms with Crippen LogP contribution in [0.4, 0.5) is 10.5 Å². The van der Waals surface area contributed by atoms with Crippen molar-refractivity contribution in [1.29, 1.82) is 0 Å². The highest BCUT2D eigenvalue weighted by Crippen LogP contribution is 2.34. The van der Waals surface area contributed by atoms with Crippen LogP contribution in [0.3, 0.4) is 0 Å². The van der Waals surface area contributed by atoms with Gasteiger partial charge in [0.2, 0.25) is 0 Å². The molecule has 0 heterocycles. The molecule has 0 spiro atoms. The number of phenolic OH excluding ortho intramolecular Hbond substituents is 2. The van der Waals surface area contributed by atoms with Gasteiger partial charge in [0.05, 0.1) is 0 Å². The molecule has 5 aromatic carbocycles. The zero-order valence-corrected chi connectivity index (χ0v) is 21.4. The molecule has 0 aromatic heterocycles. The largest absolute Gasteiger partial charge is 0.508 e. The smallest absolute Gasteiger partial charge is 0.319 e. The molecule has 0 unspecified atom stereocenters. The van der Waals surface area contributed by atoms with Crippen LogP contribution in [0.2, 0.25) is 5.02 Å². The van der Waals surface area contributed by atoms with Crippen molar-refractivity contribution >= 4 is 34.1 Å². The average molecular weight is 523 g/mol. The van der Waals surface area contributed by atoms with Gasteiger partial charge in [0.1, 0.15) is 11.5 Å². The van der Waals surface area contributed by atoms with E-state index in [9.17, 15) is 15.0 Å². The van der Waals surface area contributed by atoms with Gasteiger partial charge in [-0.05, 0) is 100.0 Å². The van der Waals surface area contributed by atoms with Gasteiger partial charge < -0.3 is 20.8 Å². The van der Waals surface area contributed by atoms with Gasteiger partial charge in [-0.15, -0.1) is 0 Å². The molecule has 0 saturated carbocycles. The van der Waals surface area contributed by atoms with Crippen molar-refractivity contribution in [2.75, 3.05) is 11.9 Å². The molecular formula is C32H27ClN2O3. The molecule has 4 N–H and O–H groups in total. The van der Waals surface area contributed by atoms with E-state index in [0.29, 0.717) is 30.1 Å². The Morgan fingerprint density at radius 1 is 0.763 bits per heavy atom. The van der Waals surface area contributed by atoms with Gasteiger partial charge in [-0.2, -0.15) is 0 Å². The molecule has 0 saturated heterocycles. The number of anilines is 1. The second-order valence-electron chi connectivity index (χ2n) is 9.18. The first-order valence-electron chi connectivity index (χ1n) is 12.4. The predicted octanol–water partition coefficient (Wildman–Crippen LogP) is 7.53. The Kier molecular flexibility index (Phi) is 7.47. The van der Waals surface area contributed by atoms with E-state index in [1.807, 2.05) is 30.3 Å². The summed E-state index contributed by atoms with van der Waals surface area (Å²) in [6, 6.07) is 31.8. The summed E-state index contributed by atoms with van der Waals surface area (Å²) in [5.41, 5.74) is 6.19. The highest BCUT2D eigenvalue weighted by Gasteiger charge is 2.12. The Morgan fingerprint density at radius 3 is 2.29 bits per heavy atom. The SMILES string of the molecule is O=C(NCCc1cccc(Cc2c(-c3ccc(O)cc3)ccc3cc(O)ccc23)c1)Nc1ccc(Cl)cc1. The van der Waals surface area contributed by atoms with Crippen LogP contribution in [-0.4, -0.2) is 22.8 Å². The van der Waals surface area contributed by atoms with E-state index in [4.69, 9.17) is 11.6 Å². The standard InChI is InChI=1S/C32H27ClN2O3/c33-25-7-9-26(10-8-25)35-32(38)34-17-16-21-2-1-3-22(18-21)19-31-29(23-4-11-27(36)12-5-23)14-6-24-20-28(37)13-15-30(24)31/h1-15,18,20,36-37H,16-17,19H2,(H2,34,35,38). The third-order valence-corrected chi connectivity index (χ3v) is 6.72. The van der Waals surface area contributed by atoms with Crippen molar-refractivity contribution < 1.29 is 15.0 Å². The van der Waals surface area contributed by atoms with Crippen LogP contribution in [-0.2, 0) is 12.8 Å². The predicted molar refractivity (Wildman–Crippen MR) is 154 cm³/mol. The molecular weight excluding hydrogens is 496 g/mol. The summed E-state index contributed by atoms with van der Waals surface area (Å²) in [4.78, 5) is 12.2. The monoisotopic (exact) mass is 522 g/mol. The third kappa shape index (κ3) is 6.07. The van der Waals surface area contributed by atoms with Crippen LogP contribution in [0, 0.1) is 0 Å². The van der Waals surface area contributed by atoms with Gasteiger partial charge in [-0.3, -0.25) is 0 Å². The van der Waals surface area contributed by atoms with Gasteiger partial charge in [-0.25, -0.2) is 4.79 Å². The van der Waals surface area contributed by atoms with E-state index < -0.39 is 0 Å². The minimum atomic E-state index is -0.263. The fraction of sp³-hybridized carbons (Fsp3) is 0.0938. The van der Waals surface area contributed by atoms with Crippen LogP contribution >= 0.6 is 11.6 Å². The van der Waals surface area contributed by atoms with Gasteiger partial charge in [-0.1, -0.05) is 66.2 Å². The molecule has 190 valence electrons. The zero-order chi connectivity index (χ0) is 26.5. The maximum Gasteiger partial charge on any atom is 0.319 e. The minimum Gasteiger partial charge on any atom is -0.508 e. The number of fused-ring (bicyclic) bond motifs is 1. The lowest BCUT2D eigenvalue weighted by molar-refractivity contribution is 0.252. The summed E-state index contributed by atoms with van der Waals surface area (Å²) in [6.45, 7) is 0.495. The number of halogens is 1. The van der Waals surface area contributed by atoms with Crippen LogP contribution in [0.25, 0.3) is 21.9 Å². The van der Waals surface area contributed by atoms with Crippen molar-refractivity contribution in [2.24, 2.45) is 0 Å². The molecule has 0 aliphatic rings. The second kappa shape index (κ2) is 11.3. The summed E-state index contributed by atoms with van der Waals surface area (Å²) in [7, 11) is 0. The maximum absolute atomic E-state index is 12.2. The molecule has 0 atom stereocenters. The minimum absolute atomic E-state index is 0.226. The first kappa shape index (κ1) is 25.2. The quantitative estimate of drug-likeness (QED) is 0.178. The van der Waals surface area contributed by atoms with Gasteiger partial charge in [0.25, 0.3) is 0 Å². The summed E-state index contributed by atoms with van der Waals surface area (Å²) in [6.07, 6.45) is 1.38. The Labute approximate surface area is 226 Å². The molecule has 0 radical (unpaired) electrons. The molecule has 5 nitrogen and oxygen atoms in total. The van der Waals surface area contributed by atoms with Crippen molar-refractivity contribution in [2.45, 2.75) is 12.8 Å². The molecule has 5 rings (SSSR count). The topological polar surface area (TPSA) is 81.6 Å². The normalized spacial score (nSPS) is 10.9. The Balaban J connectivity index is 1.33. The first-order valence-corrected chi connectivity index (χ1v) is 12.7. The van der Waals surface area contributed by atoms with Crippen molar-refractivity contribution in [1.82, 2.24) is 5.32 Å². The summed E-state index contributed by atoms with van der Waals surface area (Å²) in [5.74, 6) is 0.458. The Hall–Kier alpha value is -4.48. The lowest BCUT2D eigenvalue weighted by Crippen LogP contribution is -2.30. The fourth-order valence-electron chi connectivity index (χ4n) is 4.61. The molecule has 0 fully saturated rings. The Bertz CT molecular complexity index is 1580. The van der Waals surface area contributed by atoms with E-state index in [2.05, 4.69) is 34.9 Å². The number of rotatable bonds is 7. The zero-order valence-electron chi connectivity index (χ0n) is 20.6. The molecule has 5 aromatic rings. The first-order chi connectivity index (χ1) is 18.4. The van der Waals surface area contributed by atoms with E-state index in [0.717, 1.165) is 38.6 Å². The summed E-state index contributed by atoms with van der Waals surface area (Å²) < 4.78 is 0. The third-order valence-electron chi connectivity index (χ3n) is 6.47. The number of benzene rings is 5. The lowest BCUT2D eigenvalue weighted by atomic mass is 9.89. The highest BCUT2D eigenvalue weighted by molar-refractivity contribution is 6.30. The maximum atomic E-state index is 12.2. The van der Waals surface area contributed by atoms with Crippen molar-refractivity contribution in [3.05, 3.63) is 125 Å². The number of hydrogen-bond acceptors (Lipinski definition) is 3. The van der Waals surface area contributed by atoms with Crippen LogP contribution in [0.15, 0.2) is 103 Å². The molecule has 0 aliphatic carbocycles. The summed E-state index contributed by atoms with van der Waals surface area (Å²) in [5, 5.41) is 28.1. The van der Waals surface area contributed by atoms with E-state index in [1.54, 1.807) is 48.5 Å². The number of carbonyl (C=O) groups is 1. The average Bonchev–Trinajstić information content (AvgIpc) is 2.91. The number of nitrogens with one attached hydrogen (secondary N) is 2. The summed E-state index contributed by atoms with van der Waals surface area (Å²) >= 11 is 5.90. The van der Waals surface area contributed by atoms with Crippen LogP contribution in [0.1, 0.15) is 16.7 Å². The van der Waals surface area contributed by atoms with E-state index >= 15 is 0 Å². The molecule has 38 heavy (non-hydrogen) atoms.